The van der Waals surface area contributed by atoms with Crippen LogP contribution in [0.4, 0.5) is 5.69 Å². The molecule has 0 saturated carbocycles. The Balaban J connectivity index is 1.55. The summed E-state index contributed by atoms with van der Waals surface area (Å²) in [4.78, 5) is 25.9. The van der Waals surface area contributed by atoms with Gasteiger partial charge < -0.3 is 24.8 Å². The molecule has 8 heteroatoms. The Morgan fingerprint density at radius 2 is 1.93 bits per heavy atom. The minimum absolute atomic E-state index is 0.211. The van der Waals surface area contributed by atoms with E-state index < -0.39 is 5.97 Å². The van der Waals surface area contributed by atoms with Crippen LogP contribution in [-0.4, -0.2) is 56.1 Å². The molecule has 0 spiro atoms. The smallest absolute Gasteiger partial charge is 0.342 e. The van der Waals surface area contributed by atoms with Crippen molar-refractivity contribution in [3.8, 4) is 11.5 Å². The van der Waals surface area contributed by atoms with E-state index in [-0.39, 0.29) is 22.1 Å². The summed E-state index contributed by atoms with van der Waals surface area (Å²) in [5, 5.41) is 0.241. The van der Waals surface area contributed by atoms with Crippen molar-refractivity contribution in [3.05, 3.63) is 16.7 Å². The van der Waals surface area contributed by atoms with Gasteiger partial charge in [-0.25, -0.2) is 4.79 Å². The number of carbonyl (C=O) groups excluding carboxylic acids is 2. The van der Waals surface area contributed by atoms with Gasteiger partial charge in [-0.2, -0.15) is 0 Å². The maximum absolute atomic E-state index is 12.6. The number of halogens is 1. The first-order valence-corrected chi connectivity index (χ1v) is 9.60. The molecule has 0 aromatic heterocycles. The lowest BCUT2D eigenvalue weighted by atomic mass is 9.97. The van der Waals surface area contributed by atoms with Crippen LogP contribution < -0.4 is 15.2 Å². The highest BCUT2D eigenvalue weighted by Crippen LogP contribution is 2.43. The molecule has 1 saturated heterocycles. The van der Waals surface area contributed by atoms with Crippen LogP contribution in [0.1, 0.15) is 36.5 Å². The Bertz CT molecular complexity index is 717. The van der Waals surface area contributed by atoms with Crippen LogP contribution in [-0.2, 0) is 9.53 Å². The van der Waals surface area contributed by atoms with Gasteiger partial charge in [0.1, 0.15) is 24.6 Å². The summed E-state index contributed by atoms with van der Waals surface area (Å²) in [6.45, 7) is 5.28. The molecule has 148 valence electrons. The number of carbonyl (C=O) groups is 2. The average Bonchev–Trinajstić information content (AvgIpc) is 2.68. The number of Topliss-reactive ketones (excluding diaryl/α,β-unsaturated/α-hetero) is 1. The van der Waals surface area contributed by atoms with Crippen LogP contribution in [0.5, 0.6) is 11.5 Å². The number of likely N-dealkylation sites (tertiary alicyclic amines) is 1. The molecule has 2 aliphatic heterocycles. The zero-order valence-electron chi connectivity index (χ0n) is 15.5. The molecular formula is C19H25ClN2O5. The third kappa shape index (κ3) is 4.84. The van der Waals surface area contributed by atoms with Crippen molar-refractivity contribution in [1.82, 2.24) is 4.90 Å². The first kappa shape index (κ1) is 19.8. The number of hydrogen-bond donors (Lipinski definition) is 1. The van der Waals surface area contributed by atoms with Gasteiger partial charge in [-0.1, -0.05) is 11.6 Å². The van der Waals surface area contributed by atoms with Crippen molar-refractivity contribution in [2.45, 2.75) is 26.2 Å². The number of anilines is 1. The number of piperidine rings is 1. The summed E-state index contributed by atoms with van der Waals surface area (Å²) in [5.41, 5.74) is 6.41. The van der Waals surface area contributed by atoms with Gasteiger partial charge in [0.05, 0.1) is 17.3 Å². The number of ketones is 1. The molecular weight excluding hydrogens is 372 g/mol. The highest BCUT2D eigenvalue weighted by Gasteiger charge is 2.27. The molecule has 1 aromatic rings. The summed E-state index contributed by atoms with van der Waals surface area (Å²) < 4.78 is 16.6. The zero-order chi connectivity index (χ0) is 19.4. The summed E-state index contributed by atoms with van der Waals surface area (Å²) in [6, 6.07) is 1.47. The molecule has 27 heavy (non-hydrogen) atoms. The predicted molar refractivity (Wildman–Crippen MR) is 102 cm³/mol. The van der Waals surface area contributed by atoms with Gasteiger partial charge in [-0.3, -0.25) is 4.79 Å². The zero-order valence-corrected chi connectivity index (χ0v) is 16.2. The van der Waals surface area contributed by atoms with Crippen LogP contribution in [0.3, 0.4) is 0 Å². The van der Waals surface area contributed by atoms with E-state index in [1.165, 1.54) is 6.07 Å². The van der Waals surface area contributed by atoms with Crippen molar-refractivity contribution < 1.29 is 23.8 Å². The fraction of sp³-hybridized carbons (Fsp3) is 0.579. The lowest BCUT2D eigenvalue weighted by Gasteiger charge is -2.31. The van der Waals surface area contributed by atoms with E-state index in [4.69, 9.17) is 31.5 Å². The fourth-order valence-corrected chi connectivity index (χ4v) is 3.51. The molecule has 0 aliphatic carbocycles. The van der Waals surface area contributed by atoms with Gasteiger partial charge in [0.25, 0.3) is 0 Å². The van der Waals surface area contributed by atoms with Crippen molar-refractivity contribution in [2.75, 3.05) is 45.2 Å². The van der Waals surface area contributed by atoms with Crippen LogP contribution in [0, 0.1) is 5.92 Å². The van der Waals surface area contributed by atoms with E-state index in [0.717, 1.165) is 32.5 Å². The summed E-state index contributed by atoms with van der Waals surface area (Å²) >= 11 is 6.11. The van der Waals surface area contributed by atoms with E-state index >= 15 is 0 Å². The molecule has 2 aliphatic rings. The molecule has 3 rings (SSSR count). The van der Waals surface area contributed by atoms with E-state index in [2.05, 4.69) is 4.90 Å². The SMILES string of the molecule is CC(=O)CCN1CCC(COC(=O)c2cc(Cl)c(N)c3c2OCCO3)CC1. The second-order valence-corrected chi connectivity index (χ2v) is 7.42. The van der Waals surface area contributed by atoms with Crippen LogP contribution in [0.25, 0.3) is 0 Å². The Labute approximate surface area is 163 Å². The van der Waals surface area contributed by atoms with Gasteiger partial charge in [0.2, 0.25) is 0 Å². The maximum atomic E-state index is 12.6. The second-order valence-electron chi connectivity index (χ2n) is 7.01. The quantitative estimate of drug-likeness (QED) is 0.583. The lowest BCUT2D eigenvalue weighted by molar-refractivity contribution is -0.117. The number of ether oxygens (including phenoxy) is 3. The molecule has 0 radical (unpaired) electrons. The van der Waals surface area contributed by atoms with Crippen molar-refractivity contribution in [2.24, 2.45) is 5.92 Å². The first-order chi connectivity index (χ1) is 13.0. The van der Waals surface area contributed by atoms with Gasteiger partial charge in [-0.05, 0) is 44.8 Å². The number of fused-ring (bicyclic) bond motifs is 1. The van der Waals surface area contributed by atoms with Crippen molar-refractivity contribution in [3.63, 3.8) is 0 Å². The van der Waals surface area contributed by atoms with Gasteiger partial charge in [0, 0.05) is 13.0 Å². The number of rotatable bonds is 6. The number of nitrogen functional groups attached to an aromatic ring is 1. The Hall–Kier alpha value is -1.99. The molecule has 2 heterocycles. The summed E-state index contributed by atoms with van der Waals surface area (Å²) in [6.07, 6.45) is 2.46. The number of hydrogen-bond acceptors (Lipinski definition) is 7. The average molecular weight is 397 g/mol. The Kier molecular flexibility index (Phi) is 6.44. The van der Waals surface area contributed by atoms with Crippen LogP contribution in [0.15, 0.2) is 6.07 Å². The molecule has 0 bridgehead atoms. The topological polar surface area (TPSA) is 91.1 Å². The predicted octanol–water partition coefficient (Wildman–Crippen LogP) is 2.54. The molecule has 7 nitrogen and oxygen atoms in total. The Morgan fingerprint density at radius 1 is 1.26 bits per heavy atom. The monoisotopic (exact) mass is 396 g/mol. The van der Waals surface area contributed by atoms with Gasteiger partial charge >= 0.3 is 5.97 Å². The van der Waals surface area contributed by atoms with Gasteiger partial charge in [-0.15, -0.1) is 0 Å². The number of nitrogens with two attached hydrogens (primary N) is 1. The molecule has 0 amide bonds. The maximum Gasteiger partial charge on any atom is 0.342 e. The van der Waals surface area contributed by atoms with E-state index in [1.54, 1.807) is 6.92 Å². The fourth-order valence-electron chi connectivity index (χ4n) is 3.31. The van der Waals surface area contributed by atoms with E-state index in [1.807, 2.05) is 0 Å². The third-order valence-electron chi connectivity index (χ3n) is 4.96. The molecule has 0 atom stereocenters. The number of benzene rings is 1. The van der Waals surface area contributed by atoms with Gasteiger partial charge in [0.15, 0.2) is 11.5 Å². The molecule has 1 fully saturated rings. The van der Waals surface area contributed by atoms with Crippen LogP contribution in [0.2, 0.25) is 5.02 Å². The Morgan fingerprint density at radius 3 is 2.59 bits per heavy atom. The minimum Gasteiger partial charge on any atom is -0.485 e. The second kappa shape index (κ2) is 8.80. The standard InChI is InChI=1S/C19H25ClN2O5/c1-12(23)2-5-22-6-3-13(4-7-22)11-27-19(24)14-10-15(20)16(21)18-17(14)25-8-9-26-18/h10,13H,2-9,11,21H2,1H3. The number of nitrogens with zero attached hydrogens (tertiary/aromatic N) is 1. The minimum atomic E-state index is -0.488. The third-order valence-corrected chi connectivity index (χ3v) is 5.27. The lowest BCUT2D eigenvalue weighted by Crippen LogP contribution is -2.36. The molecule has 0 unspecified atom stereocenters. The largest absolute Gasteiger partial charge is 0.485 e. The van der Waals surface area contributed by atoms with E-state index in [9.17, 15) is 9.59 Å². The first-order valence-electron chi connectivity index (χ1n) is 9.22. The van der Waals surface area contributed by atoms with Crippen molar-refractivity contribution in [1.29, 1.82) is 0 Å². The van der Waals surface area contributed by atoms with E-state index in [0.29, 0.717) is 43.7 Å². The highest BCUT2D eigenvalue weighted by molar-refractivity contribution is 6.34. The number of esters is 1. The molecule has 2 N–H and O–H groups in total. The van der Waals surface area contributed by atoms with Crippen molar-refractivity contribution >= 4 is 29.0 Å². The van der Waals surface area contributed by atoms with Crippen LogP contribution >= 0.6 is 11.6 Å². The highest BCUT2D eigenvalue weighted by atomic mass is 35.5. The molecule has 1 aromatic carbocycles. The summed E-state index contributed by atoms with van der Waals surface area (Å²) in [5.74, 6) is 0.631. The summed E-state index contributed by atoms with van der Waals surface area (Å²) in [7, 11) is 0. The normalized spacial score (nSPS) is 17.6.